The highest BCUT2D eigenvalue weighted by atomic mass is 16.4. The quantitative estimate of drug-likeness (QED) is 0.538. The fourth-order valence-corrected chi connectivity index (χ4v) is 3.23. The van der Waals surface area contributed by atoms with E-state index in [0.717, 1.165) is 29.8 Å². The van der Waals surface area contributed by atoms with Crippen LogP contribution in [-0.2, 0) is 13.0 Å². The largest absolute Gasteiger partial charge is 0.478 e. The zero-order chi connectivity index (χ0) is 20.8. The number of nitrogens with zero attached hydrogens (tertiary/aromatic N) is 3. The first kappa shape index (κ1) is 20.5. The predicted octanol–water partition coefficient (Wildman–Crippen LogP) is 4.63. The third-order valence-corrected chi connectivity index (χ3v) is 4.84. The summed E-state index contributed by atoms with van der Waals surface area (Å²) in [4.78, 5) is 28.2. The summed E-state index contributed by atoms with van der Waals surface area (Å²) in [5, 5.41) is 13.8. The number of hydrogen-bond acceptors (Lipinski definition) is 4. The Kier molecular flexibility index (Phi) is 6.54. The molecule has 0 saturated carbocycles. The van der Waals surface area contributed by atoms with Gasteiger partial charge in [0.25, 0.3) is 0 Å². The van der Waals surface area contributed by atoms with Crippen molar-refractivity contribution in [1.29, 1.82) is 0 Å². The molecule has 0 atom stereocenters. The lowest BCUT2D eigenvalue weighted by molar-refractivity contribution is 0.0697. The molecule has 1 aromatic heterocycles. The molecule has 0 unspecified atom stereocenters. The third-order valence-electron chi connectivity index (χ3n) is 4.84. The summed E-state index contributed by atoms with van der Waals surface area (Å²) in [6.45, 7) is 4.67. The first-order chi connectivity index (χ1) is 14.0. The number of hydrogen-bond donors (Lipinski definition) is 1. The molecule has 0 fully saturated rings. The van der Waals surface area contributed by atoms with Crippen molar-refractivity contribution >= 4 is 11.8 Å². The summed E-state index contributed by atoms with van der Waals surface area (Å²) in [7, 11) is 0. The van der Waals surface area contributed by atoms with Gasteiger partial charge in [-0.3, -0.25) is 4.79 Å². The van der Waals surface area contributed by atoms with Crippen LogP contribution >= 0.6 is 0 Å². The molecule has 0 saturated heterocycles. The van der Waals surface area contributed by atoms with Crippen LogP contribution in [0, 0.1) is 0 Å². The minimum atomic E-state index is -0.944. The minimum Gasteiger partial charge on any atom is -0.478 e. The molecule has 2 aromatic carbocycles. The molecule has 0 amide bonds. The molecular weight excluding hydrogens is 366 g/mol. The van der Waals surface area contributed by atoms with Crippen molar-refractivity contribution in [3.05, 3.63) is 71.3 Å². The van der Waals surface area contributed by atoms with Crippen LogP contribution in [0.2, 0.25) is 0 Å². The number of carboxylic acid groups (broad SMARTS) is 1. The van der Waals surface area contributed by atoms with Crippen molar-refractivity contribution in [2.24, 2.45) is 0 Å². The normalized spacial score (nSPS) is 10.8. The number of Topliss-reactive ketones (excluding diaryl/α,β-unsaturated/α-hetero) is 1. The predicted molar refractivity (Wildman–Crippen MR) is 111 cm³/mol. The number of aryl methyl sites for hydroxylation is 1. The van der Waals surface area contributed by atoms with Gasteiger partial charge in [-0.15, -0.1) is 5.10 Å². The van der Waals surface area contributed by atoms with Gasteiger partial charge in [-0.1, -0.05) is 55.8 Å². The Labute approximate surface area is 170 Å². The fraction of sp³-hybridized carbons (Fsp3) is 0.304. The molecular formula is C23H25N3O3. The number of unbranched alkanes of at least 4 members (excludes halogenated alkanes) is 1. The van der Waals surface area contributed by atoms with E-state index < -0.39 is 5.97 Å². The molecule has 0 spiro atoms. The van der Waals surface area contributed by atoms with Gasteiger partial charge in [0.05, 0.1) is 5.56 Å². The van der Waals surface area contributed by atoms with Crippen molar-refractivity contribution in [3.8, 4) is 11.1 Å². The van der Waals surface area contributed by atoms with E-state index in [1.165, 1.54) is 0 Å². The molecule has 0 aliphatic heterocycles. The summed E-state index contributed by atoms with van der Waals surface area (Å²) >= 11 is 0. The highest BCUT2D eigenvalue weighted by Gasteiger charge is 2.16. The van der Waals surface area contributed by atoms with Gasteiger partial charge in [-0.25, -0.2) is 14.5 Å². The molecule has 150 valence electrons. The first-order valence-corrected chi connectivity index (χ1v) is 9.92. The second-order valence-corrected chi connectivity index (χ2v) is 6.92. The van der Waals surface area contributed by atoms with Crippen molar-refractivity contribution in [1.82, 2.24) is 14.8 Å². The molecule has 1 heterocycles. The summed E-state index contributed by atoms with van der Waals surface area (Å²) in [6.07, 6.45) is 2.84. The Morgan fingerprint density at radius 3 is 2.41 bits per heavy atom. The van der Waals surface area contributed by atoms with E-state index in [1.54, 1.807) is 22.9 Å². The van der Waals surface area contributed by atoms with Crippen LogP contribution in [0.1, 0.15) is 65.5 Å². The molecule has 0 aliphatic rings. The molecule has 29 heavy (non-hydrogen) atoms. The van der Waals surface area contributed by atoms with Gasteiger partial charge < -0.3 is 5.11 Å². The smallest absolute Gasteiger partial charge is 0.336 e. The number of aromatic carboxylic acids is 1. The molecule has 0 bridgehead atoms. The van der Waals surface area contributed by atoms with Crippen LogP contribution < -0.4 is 0 Å². The van der Waals surface area contributed by atoms with Crippen LogP contribution in [0.15, 0.2) is 48.5 Å². The lowest BCUT2D eigenvalue weighted by Crippen LogP contribution is -2.05. The molecule has 6 nitrogen and oxygen atoms in total. The first-order valence-electron chi connectivity index (χ1n) is 9.92. The van der Waals surface area contributed by atoms with Crippen LogP contribution in [0.4, 0.5) is 0 Å². The lowest BCUT2D eigenvalue weighted by atomic mass is 9.98. The van der Waals surface area contributed by atoms with E-state index >= 15 is 0 Å². The molecule has 0 radical (unpaired) electrons. The number of aromatic nitrogens is 3. The second-order valence-electron chi connectivity index (χ2n) is 6.92. The summed E-state index contributed by atoms with van der Waals surface area (Å²) in [5.41, 5.74) is 2.84. The topological polar surface area (TPSA) is 85.1 Å². The van der Waals surface area contributed by atoms with Crippen molar-refractivity contribution in [2.45, 2.75) is 46.1 Å². The lowest BCUT2D eigenvalue weighted by Gasteiger charge is -2.08. The maximum absolute atomic E-state index is 12.2. The standard InChI is InChI=1S/C23H25N3O3/c1-3-5-10-20(27)22-24-21(26(4-2)25-22)15-16-11-13-17(14-12-16)18-8-6-7-9-19(18)23(28)29/h6-9,11-14H,3-5,10,15H2,1-2H3,(H,28,29). The third kappa shape index (κ3) is 4.77. The number of ketones is 1. The van der Waals surface area contributed by atoms with E-state index in [0.29, 0.717) is 30.8 Å². The van der Waals surface area contributed by atoms with E-state index in [-0.39, 0.29) is 11.3 Å². The van der Waals surface area contributed by atoms with E-state index in [2.05, 4.69) is 17.0 Å². The maximum Gasteiger partial charge on any atom is 0.336 e. The SMILES string of the molecule is CCCCC(=O)c1nc(Cc2ccc(-c3ccccc3C(=O)O)cc2)n(CC)n1. The monoisotopic (exact) mass is 391 g/mol. The van der Waals surface area contributed by atoms with Crippen LogP contribution in [0.25, 0.3) is 11.1 Å². The van der Waals surface area contributed by atoms with Crippen LogP contribution in [0.5, 0.6) is 0 Å². The van der Waals surface area contributed by atoms with E-state index in [1.807, 2.05) is 37.3 Å². The number of carbonyl (C=O) groups excluding carboxylic acids is 1. The van der Waals surface area contributed by atoms with Crippen molar-refractivity contribution in [2.75, 3.05) is 0 Å². The molecule has 6 heteroatoms. The van der Waals surface area contributed by atoms with E-state index in [9.17, 15) is 14.7 Å². The van der Waals surface area contributed by atoms with Crippen molar-refractivity contribution in [3.63, 3.8) is 0 Å². The highest BCUT2D eigenvalue weighted by Crippen LogP contribution is 2.24. The molecule has 3 rings (SSSR count). The Morgan fingerprint density at radius 2 is 1.76 bits per heavy atom. The summed E-state index contributed by atoms with van der Waals surface area (Å²) in [5.74, 6) is 0.0928. The van der Waals surface area contributed by atoms with Gasteiger partial charge in [0.15, 0.2) is 0 Å². The Bertz CT molecular complexity index is 1010. The number of carboxylic acids is 1. The van der Waals surface area contributed by atoms with Gasteiger partial charge in [-0.05, 0) is 36.1 Å². The second kappa shape index (κ2) is 9.28. The number of rotatable bonds is 9. The Morgan fingerprint density at radius 1 is 1.03 bits per heavy atom. The van der Waals surface area contributed by atoms with Crippen LogP contribution in [0.3, 0.4) is 0 Å². The molecule has 3 aromatic rings. The Hall–Kier alpha value is -3.28. The zero-order valence-corrected chi connectivity index (χ0v) is 16.8. The van der Waals surface area contributed by atoms with Gasteiger partial charge in [0, 0.05) is 19.4 Å². The number of benzene rings is 2. The minimum absolute atomic E-state index is 0.0130. The molecule has 1 N–H and O–H groups in total. The van der Waals surface area contributed by atoms with Gasteiger partial charge in [-0.2, -0.15) is 0 Å². The van der Waals surface area contributed by atoms with Gasteiger partial charge in [0.1, 0.15) is 5.82 Å². The summed E-state index contributed by atoms with van der Waals surface area (Å²) < 4.78 is 1.77. The Balaban J connectivity index is 1.81. The van der Waals surface area contributed by atoms with Gasteiger partial charge >= 0.3 is 5.97 Å². The average molecular weight is 391 g/mol. The summed E-state index contributed by atoms with van der Waals surface area (Å²) in [6, 6.07) is 14.7. The maximum atomic E-state index is 12.2. The van der Waals surface area contributed by atoms with Crippen LogP contribution in [-0.4, -0.2) is 31.6 Å². The van der Waals surface area contributed by atoms with Crippen molar-refractivity contribution < 1.29 is 14.7 Å². The highest BCUT2D eigenvalue weighted by molar-refractivity contribution is 5.96. The van der Waals surface area contributed by atoms with E-state index in [4.69, 9.17) is 0 Å². The average Bonchev–Trinajstić information content (AvgIpc) is 3.15. The zero-order valence-electron chi connectivity index (χ0n) is 16.8. The number of carbonyl (C=O) groups is 2. The van der Waals surface area contributed by atoms with Gasteiger partial charge in [0.2, 0.25) is 11.6 Å². The molecule has 0 aliphatic carbocycles. The fourth-order valence-electron chi connectivity index (χ4n) is 3.23.